The van der Waals surface area contributed by atoms with Crippen molar-refractivity contribution in [3.8, 4) is 0 Å². The number of rotatable bonds is 6. The van der Waals surface area contributed by atoms with Gasteiger partial charge in [0.25, 0.3) is 0 Å². The molecule has 0 radical (unpaired) electrons. The summed E-state index contributed by atoms with van der Waals surface area (Å²) in [7, 11) is 10.7. The highest BCUT2D eigenvalue weighted by molar-refractivity contribution is 4.94. The van der Waals surface area contributed by atoms with Crippen LogP contribution in [0, 0.1) is 0 Å². The van der Waals surface area contributed by atoms with Crippen LogP contribution in [0.5, 0.6) is 0 Å². The Bertz CT molecular complexity index is 545. The van der Waals surface area contributed by atoms with Crippen molar-refractivity contribution in [2.75, 3.05) is 55.5 Å². The molecule has 0 aromatic heterocycles. The SMILES string of the molecule is C[N+](C)(C)[C@@H]1[C@@H](O)[C@H](O[C@@H]2O[C@H](CO)[C@@H](O)[C@H](O)[C@H]2[N+](C)(C)C)[C@@H](CO)O[C@H]1O.[Cl-]. The molecule has 0 aliphatic carbocycles. The third kappa shape index (κ3) is 5.61. The van der Waals surface area contributed by atoms with Gasteiger partial charge < -0.3 is 66.2 Å². The maximum atomic E-state index is 11.0. The van der Waals surface area contributed by atoms with E-state index in [0.29, 0.717) is 0 Å². The van der Waals surface area contributed by atoms with Gasteiger partial charge in [0.15, 0.2) is 12.1 Å². The summed E-state index contributed by atoms with van der Waals surface area (Å²) >= 11 is 0. The molecular formula is C18H38ClN2O9+. The number of likely N-dealkylation sites (N-methyl/N-ethyl adjacent to an activating group) is 2. The number of hydrogen-bond acceptors (Lipinski definition) is 9. The molecule has 0 aromatic carbocycles. The Morgan fingerprint density at radius 1 is 0.700 bits per heavy atom. The molecule has 0 amide bonds. The van der Waals surface area contributed by atoms with E-state index in [4.69, 9.17) is 14.2 Å². The quantitative estimate of drug-likeness (QED) is 0.212. The molecule has 2 fully saturated rings. The van der Waals surface area contributed by atoms with Gasteiger partial charge in [-0.3, -0.25) is 0 Å². The first-order chi connectivity index (χ1) is 13.2. The molecule has 0 spiro atoms. The summed E-state index contributed by atoms with van der Waals surface area (Å²) in [4.78, 5) is 0. The first-order valence-corrected chi connectivity index (χ1v) is 9.76. The van der Waals surface area contributed by atoms with E-state index in [2.05, 4.69) is 0 Å². The summed E-state index contributed by atoms with van der Waals surface area (Å²) in [5.41, 5.74) is 0. The molecule has 0 unspecified atom stereocenters. The van der Waals surface area contributed by atoms with Gasteiger partial charge in [-0.05, 0) is 0 Å². The fraction of sp³-hybridized carbons (Fsp3) is 1.00. The van der Waals surface area contributed by atoms with Crippen molar-refractivity contribution in [2.45, 2.75) is 61.3 Å². The van der Waals surface area contributed by atoms with Crippen LogP contribution in [0.2, 0.25) is 0 Å². The second kappa shape index (κ2) is 10.2. The van der Waals surface area contributed by atoms with E-state index >= 15 is 0 Å². The van der Waals surface area contributed by atoms with Crippen LogP contribution in [0.1, 0.15) is 0 Å². The third-order valence-electron chi connectivity index (χ3n) is 5.77. The molecule has 2 saturated heterocycles. The van der Waals surface area contributed by atoms with Crippen LogP contribution in [-0.4, -0.2) is 156 Å². The van der Waals surface area contributed by atoms with E-state index in [1.54, 1.807) is 42.3 Å². The highest BCUT2D eigenvalue weighted by atomic mass is 35.5. The number of ether oxygens (including phenoxy) is 3. The van der Waals surface area contributed by atoms with E-state index in [1.807, 2.05) is 0 Å². The Labute approximate surface area is 183 Å². The van der Waals surface area contributed by atoms with Gasteiger partial charge in [-0.15, -0.1) is 0 Å². The molecule has 0 bridgehead atoms. The van der Waals surface area contributed by atoms with E-state index in [-0.39, 0.29) is 21.4 Å². The average molecular weight is 462 g/mol. The molecule has 10 atom stereocenters. The first-order valence-electron chi connectivity index (χ1n) is 9.76. The van der Waals surface area contributed by atoms with Crippen LogP contribution in [-0.2, 0) is 14.2 Å². The van der Waals surface area contributed by atoms with Crippen molar-refractivity contribution in [3.63, 3.8) is 0 Å². The predicted molar refractivity (Wildman–Crippen MR) is 100 cm³/mol. The van der Waals surface area contributed by atoms with Crippen molar-refractivity contribution in [1.82, 2.24) is 0 Å². The first kappa shape index (κ1) is 27.9. The van der Waals surface area contributed by atoms with Gasteiger partial charge in [0, 0.05) is 0 Å². The highest BCUT2D eigenvalue weighted by Gasteiger charge is 2.56. The summed E-state index contributed by atoms with van der Waals surface area (Å²) in [6, 6.07) is -1.52. The van der Waals surface area contributed by atoms with Crippen molar-refractivity contribution in [2.24, 2.45) is 0 Å². The summed E-state index contributed by atoms with van der Waals surface area (Å²) in [5, 5.41) is 61.5. The zero-order valence-corrected chi connectivity index (χ0v) is 19.1. The largest absolute Gasteiger partial charge is 1.00 e. The van der Waals surface area contributed by atoms with Gasteiger partial charge >= 0.3 is 0 Å². The molecule has 180 valence electrons. The summed E-state index contributed by atoms with van der Waals surface area (Å²) in [5.74, 6) is 0. The molecule has 30 heavy (non-hydrogen) atoms. The molecule has 2 aliphatic rings. The molecule has 0 saturated carbocycles. The molecular weight excluding hydrogens is 424 g/mol. The number of aliphatic hydroxyl groups is 6. The molecule has 11 nitrogen and oxygen atoms in total. The van der Waals surface area contributed by atoms with Crippen LogP contribution >= 0.6 is 0 Å². The van der Waals surface area contributed by atoms with E-state index in [1.165, 1.54) is 0 Å². The molecule has 2 rings (SSSR count). The maximum Gasteiger partial charge on any atom is 0.214 e. The zero-order valence-electron chi connectivity index (χ0n) is 18.4. The number of quaternary nitrogens is 2. The van der Waals surface area contributed by atoms with E-state index in [0.717, 1.165) is 0 Å². The van der Waals surface area contributed by atoms with Crippen molar-refractivity contribution in [3.05, 3.63) is 0 Å². The van der Waals surface area contributed by atoms with Gasteiger partial charge in [-0.25, -0.2) is 0 Å². The van der Waals surface area contributed by atoms with Crippen LogP contribution in [0.25, 0.3) is 0 Å². The summed E-state index contributed by atoms with van der Waals surface area (Å²) in [6.07, 6.45) is -9.42. The molecule has 2 aliphatic heterocycles. The van der Waals surface area contributed by atoms with E-state index in [9.17, 15) is 30.6 Å². The predicted octanol–water partition coefficient (Wildman–Crippen LogP) is -6.97. The van der Waals surface area contributed by atoms with Crippen LogP contribution in [0.3, 0.4) is 0 Å². The topological polar surface area (TPSA) is 149 Å². The highest BCUT2D eigenvalue weighted by Crippen LogP contribution is 2.33. The van der Waals surface area contributed by atoms with Crippen LogP contribution in [0.15, 0.2) is 0 Å². The van der Waals surface area contributed by atoms with Gasteiger partial charge in [0.1, 0.15) is 36.6 Å². The second-order valence-corrected chi connectivity index (χ2v) is 9.76. The average Bonchev–Trinajstić information content (AvgIpc) is 2.57. The van der Waals surface area contributed by atoms with Crippen LogP contribution < -0.4 is 12.4 Å². The monoisotopic (exact) mass is 461 g/mol. The van der Waals surface area contributed by atoms with Crippen molar-refractivity contribution < 1.29 is 66.2 Å². The Morgan fingerprint density at radius 3 is 1.63 bits per heavy atom. The lowest BCUT2D eigenvalue weighted by molar-refractivity contribution is -0.913. The Morgan fingerprint density at radius 2 is 1.20 bits per heavy atom. The lowest BCUT2D eigenvalue weighted by Gasteiger charge is -2.51. The smallest absolute Gasteiger partial charge is 0.214 e. The molecule has 0 aromatic rings. The van der Waals surface area contributed by atoms with Gasteiger partial charge in [-0.2, -0.15) is 0 Å². The van der Waals surface area contributed by atoms with Crippen LogP contribution in [0.4, 0.5) is 0 Å². The molecule has 6 N–H and O–H groups in total. The summed E-state index contributed by atoms with van der Waals surface area (Å²) < 4.78 is 17.6. The second-order valence-electron chi connectivity index (χ2n) is 9.76. The Hall–Kier alpha value is -0.150. The normalized spacial score (nSPS) is 43.2. The standard InChI is InChI=1S/C18H38N2O9.ClH/c1-19(2,3)11-15(25)16(10(8-22)27-17(11)26)29-18-12(20(4,5)6)14(24)13(23)9(7-21)28-18;/h9-18,21-26H,7-8H2,1-6H3;1H/q+2;/p-1/t9-,10-,11-,12-,13-,14-,15-,16-,17-,18+;/m1./s1. The van der Waals surface area contributed by atoms with Crippen molar-refractivity contribution >= 4 is 0 Å². The fourth-order valence-electron chi connectivity index (χ4n) is 4.23. The molecule has 12 heteroatoms. The third-order valence-corrected chi connectivity index (χ3v) is 5.77. The minimum absolute atomic E-state index is 0. The number of nitrogens with zero attached hydrogens (tertiary/aromatic N) is 2. The van der Waals surface area contributed by atoms with Gasteiger partial charge in [0.05, 0.1) is 55.5 Å². The fourth-order valence-corrected chi connectivity index (χ4v) is 4.23. The van der Waals surface area contributed by atoms with Gasteiger partial charge in [-0.1, -0.05) is 0 Å². The lowest BCUT2D eigenvalue weighted by Crippen LogP contribution is -3.00. The molecule has 2 heterocycles. The number of hydrogen-bond donors (Lipinski definition) is 6. The minimum Gasteiger partial charge on any atom is -1.00 e. The zero-order chi connectivity index (χ0) is 22.3. The Kier molecular flexibility index (Phi) is 9.48. The summed E-state index contributed by atoms with van der Waals surface area (Å²) in [6.45, 7) is -1.05. The number of aliphatic hydroxyl groups excluding tert-OH is 6. The minimum atomic E-state index is -1.32. The lowest BCUT2D eigenvalue weighted by atomic mass is 9.93. The van der Waals surface area contributed by atoms with Crippen molar-refractivity contribution in [1.29, 1.82) is 0 Å². The number of halogens is 1. The maximum absolute atomic E-state index is 11.0. The van der Waals surface area contributed by atoms with Gasteiger partial charge in [0.2, 0.25) is 12.6 Å². The van der Waals surface area contributed by atoms with E-state index < -0.39 is 74.5 Å². The Balaban J connectivity index is 0.00000450.